The second-order valence-corrected chi connectivity index (χ2v) is 2.81. The van der Waals surface area contributed by atoms with Gasteiger partial charge in [-0.3, -0.25) is 0 Å². The van der Waals surface area contributed by atoms with E-state index in [1.54, 1.807) is 0 Å². The van der Waals surface area contributed by atoms with Crippen LogP contribution in [0.3, 0.4) is 0 Å². The molecule has 0 amide bonds. The molecule has 3 heteroatoms. The van der Waals surface area contributed by atoms with E-state index < -0.39 is 0 Å². The van der Waals surface area contributed by atoms with Crippen molar-refractivity contribution in [3.05, 3.63) is 36.8 Å². The summed E-state index contributed by atoms with van der Waals surface area (Å²) in [7, 11) is 4.08. The van der Waals surface area contributed by atoms with Crippen molar-refractivity contribution in [2.24, 2.45) is 0 Å². The van der Waals surface area contributed by atoms with E-state index in [0.29, 0.717) is 0 Å². The van der Waals surface area contributed by atoms with Crippen molar-refractivity contribution in [2.45, 2.75) is 6.42 Å². The van der Waals surface area contributed by atoms with Crippen LogP contribution in [0.15, 0.2) is 24.3 Å². The summed E-state index contributed by atoms with van der Waals surface area (Å²) in [5.74, 6) is 0. The molecular formula is C10H14INZn. The maximum Gasteiger partial charge on any atom is 2.00 e. The first kappa shape index (κ1) is 15.8. The number of hydrogen-bond donors (Lipinski definition) is 0. The van der Waals surface area contributed by atoms with E-state index in [4.69, 9.17) is 0 Å². The van der Waals surface area contributed by atoms with Crippen LogP contribution in [0.1, 0.15) is 5.56 Å². The van der Waals surface area contributed by atoms with Gasteiger partial charge in [0, 0.05) is 19.8 Å². The van der Waals surface area contributed by atoms with Crippen molar-refractivity contribution >= 4 is 5.69 Å². The number of hydrogen-bond acceptors (Lipinski definition) is 1. The van der Waals surface area contributed by atoms with Crippen molar-refractivity contribution in [1.29, 1.82) is 0 Å². The van der Waals surface area contributed by atoms with Gasteiger partial charge in [-0.15, -0.1) is 0 Å². The smallest absolute Gasteiger partial charge is 1.00 e. The third kappa shape index (κ3) is 4.97. The normalized spacial score (nSPS) is 8.23. The second kappa shape index (κ2) is 7.75. The van der Waals surface area contributed by atoms with Gasteiger partial charge in [-0.1, -0.05) is 17.7 Å². The minimum atomic E-state index is 0. The van der Waals surface area contributed by atoms with Gasteiger partial charge in [0.15, 0.2) is 0 Å². The Bertz CT molecular complexity index is 221. The molecule has 13 heavy (non-hydrogen) atoms. The minimum absolute atomic E-state index is 0. The van der Waals surface area contributed by atoms with Crippen molar-refractivity contribution in [3.63, 3.8) is 0 Å². The van der Waals surface area contributed by atoms with E-state index in [9.17, 15) is 0 Å². The molecule has 0 aromatic heterocycles. The number of anilines is 1. The zero-order valence-electron chi connectivity index (χ0n) is 8.26. The predicted molar refractivity (Wildman–Crippen MR) is 49.8 cm³/mol. The van der Waals surface area contributed by atoms with Gasteiger partial charge in [0.25, 0.3) is 0 Å². The van der Waals surface area contributed by atoms with Gasteiger partial charge in [-0.05, 0) is 12.1 Å². The summed E-state index contributed by atoms with van der Waals surface area (Å²) in [5, 5.41) is 0. The van der Waals surface area contributed by atoms with Gasteiger partial charge in [0.1, 0.15) is 0 Å². The maximum absolute atomic E-state index is 3.82. The Balaban J connectivity index is 0. The van der Waals surface area contributed by atoms with Gasteiger partial charge in [0.2, 0.25) is 0 Å². The average Bonchev–Trinajstić information content (AvgIpc) is 2.05. The quantitative estimate of drug-likeness (QED) is 0.384. The molecule has 1 rings (SSSR count). The monoisotopic (exact) mass is 339 g/mol. The molecule has 1 aromatic rings. The Kier molecular flexibility index (Phi) is 9.43. The molecule has 0 unspecified atom stereocenters. The fraction of sp³-hybridized carbons (Fsp3) is 0.300. The zero-order chi connectivity index (χ0) is 8.27. The Hall–Kier alpha value is 0.373. The third-order valence-electron chi connectivity index (χ3n) is 1.74. The molecule has 0 aliphatic carbocycles. The Morgan fingerprint density at radius 1 is 1.15 bits per heavy atom. The van der Waals surface area contributed by atoms with Crippen molar-refractivity contribution < 1.29 is 43.5 Å². The van der Waals surface area contributed by atoms with Crippen LogP contribution in [0.2, 0.25) is 0 Å². The summed E-state index contributed by atoms with van der Waals surface area (Å²) in [6.45, 7) is 3.82. The molecule has 68 valence electrons. The van der Waals surface area contributed by atoms with Crippen LogP contribution in [0, 0.1) is 6.92 Å². The Labute approximate surface area is 111 Å². The summed E-state index contributed by atoms with van der Waals surface area (Å²) in [4.78, 5) is 2.09. The summed E-state index contributed by atoms with van der Waals surface area (Å²) in [6, 6.07) is 8.45. The maximum atomic E-state index is 3.82. The Morgan fingerprint density at radius 2 is 1.62 bits per heavy atom. The molecule has 1 nitrogen and oxygen atoms in total. The van der Waals surface area contributed by atoms with E-state index in [1.165, 1.54) is 11.3 Å². The number of nitrogens with zero attached hydrogens (tertiary/aromatic N) is 1. The molecule has 1 aromatic carbocycles. The average molecular weight is 341 g/mol. The molecule has 0 saturated carbocycles. The molecule has 0 N–H and O–H groups in total. The van der Waals surface area contributed by atoms with E-state index >= 15 is 0 Å². The number of halogens is 1. The fourth-order valence-electron chi connectivity index (χ4n) is 0.961. The first-order chi connectivity index (χ1) is 5.24. The van der Waals surface area contributed by atoms with E-state index in [2.05, 4.69) is 36.1 Å². The van der Waals surface area contributed by atoms with Gasteiger partial charge in [-0.25, -0.2) is 0 Å². The summed E-state index contributed by atoms with van der Waals surface area (Å²) in [6.07, 6.45) is 0.869. The molecule has 0 aliphatic heterocycles. The number of benzene rings is 1. The van der Waals surface area contributed by atoms with Crippen LogP contribution < -0.4 is 28.9 Å². The van der Waals surface area contributed by atoms with E-state index in [-0.39, 0.29) is 43.5 Å². The molecule has 0 atom stereocenters. The molecule has 0 bridgehead atoms. The molecule has 0 heterocycles. The Morgan fingerprint density at radius 3 is 1.92 bits per heavy atom. The van der Waals surface area contributed by atoms with Gasteiger partial charge in [0.05, 0.1) is 0 Å². The summed E-state index contributed by atoms with van der Waals surface area (Å²) >= 11 is 0. The minimum Gasteiger partial charge on any atom is -1.00 e. The molecule has 0 fully saturated rings. The van der Waals surface area contributed by atoms with Gasteiger partial charge >= 0.3 is 19.5 Å². The summed E-state index contributed by atoms with van der Waals surface area (Å²) < 4.78 is 0. The largest absolute Gasteiger partial charge is 2.00 e. The third-order valence-corrected chi connectivity index (χ3v) is 1.74. The van der Waals surface area contributed by atoms with Crippen molar-refractivity contribution in [2.75, 3.05) is 19.0 Å². The zero-order valence-corrected chi connectivity index (χ0v) is 13.4. The molecule has 0 spiro atoms. The van der Waals surface area contributed by atoms with Crippen molar-refractivity contribution in [1.82, 2.24) is 0 Å². The molecule has 0 aliphatic rings. The second-order valence-electron chi connectivity index (χ2n) is 2.81. The number of rotatable bonds is 2. The van der Waals surface area contributed by atoms with Crippen LogP contribution in [0.5, 0.6) is 0 Å². The molecule has 0 radical (unpaired) electrons. The van der Waals surface area contributed by atoms with Gasteiger partial charge < -0.3 is 35.8 Å². The van der Waals surface area contributed by atoms with Gasteiger partial charge in [-0.2, -0.15) is 6.42 Å². The summed E-state index contributed by atoms with van der Waals surface area (Å²) in [5.41, 5.74) is 2.53. The van der Waals surface area contributed by atoms with E-state index in [0.717, 1.165) is 6.42 Å². The first-order valence-electron chi connectivity index (χ1n) is 3.79. The predicted octanol–water partition coefficient (Wildman–Crippen LogP) is -0.869. The molecule has 0 saturated heterocycles. The van der Waals surface area contributed by atoms with Crippen molar-refractivity contribution in [3.8, 4) is 0 Å². The molecular weight excluding hydrogens is 326 g/mol. The van der Waals surface area contributed by atoms with Crippen LogP contribution in [-0.4, -0.2) is 14.1 Å². The van der Waals surface area contributed by atoms with Crippen LogP contribution >= 0.6 is 0 Å². The van der Waals surface area contributed by atoms with Crippen LogP contribution in [0.4, 0.5) is 5.69 Å². The first-order valence-corrected chi connectivity index (χ1v) is 3.79. The van der Waals surface area contributed by atoms with E-state index in [1.807, 2.05) is 14.1 Å². The van der Waals surface area contributed by atoms with Crippen LogP contribution in [0.25, 0.3) is 0 Å². The SMILES string of the molecule is [CH2-]Cc1ccc(N(C)C)cc1.[I-].[Zn+2]. The fourth-order valence-corrected chi connectivity index (χ4v) is 0.961. The van der Waals surface area contributed by atoms with Crippen LogP contribution in [-0.2, 0) is 25.9 Å². The topological polar surface area (TPSA) is 3.24 Å². The standard InChI is InChI=1S/C10H14N.HI.Zn/c1-4-9-5-7-10(8-6-9)11(2)3;;/h5-8H,1,4H2,2-3H3;1H;/q-1;;+2/p-1.